The zero-order chi connectivity index (χ0) is 10.7. The van der Waals surface area contributed by atoms with Crippen molar-refractivity contribution in [1.82, 2.24) is 15.1 Å². The maximum Gasteiger partial charge on any atom is 0.257 e. The molecule has 0 aliphatic heterocycles. The van der Waals surface area contributed by atoms with Crippen LogP contribution in [0.1, 0.15) is 16.1 Å². The molecular formula is C9H14N4O. The van der Waals surface area contributed by atoms with Crippen LogP contribution >= 0.6 is 0 Å². The molecule has 0 aliphatic rings. The Kier molecular flexibility index (Phi) is 3.01. The molecule has 0 atom stereocenters. The van der Waals surface area contributed by atoms with Crippen LogP contribution in [0.5, 0.6) is 0 Å². The average molecular weight is 194 g/mol. The van der Waals surface area contributed by atoms with Crippen molar-refractivity contribution in [2.75, 3.05) is 26.5 Å². The summed E-state index contributed by atoms with van der Waals surface area (Å²) in [5.74, 6) is 0.432. The van der Waals surface area contributed by atoms with Gasteiger partial charge >= 0.3 is 0 Å². The Morgan fingerprint density at radius 1 is 1.43 bits per heavy atom. The standard InChI is InChI=1S/C9H14N4O/c1-6-5-7(9(14)13(3)4)8(10-2)12-11-6/h5H,1-4H3,(H,10,12). The minimum atomic E-state index is -0.0765. The Balaban J connectivity index is 3.17. The highest BCUT2D eigenvalue weighted by Crippen LogP contribution is 2.12. The van der Waals surface area contributed by atoms with Gasteiger partial charge in [0.25, 0.3) is 5.91 Å². The number of nitrogens with one attached hydrogen (secondary N) is 1. The molecule has 0 unspecified atom stereocenters. The van der Waals surface area contributed by atoms with Gasteiger partial charge in [-0.1, -0.05) is 0 Å². The van der Waals surface area contributed by atoms with E-state index >= 15 is 0 Å². The van der Waals surface area contributed by atoms with Crippen LogP contribution in [0.4, 0.5) is 5.82 Å². The summed E-state index contributed by atoms with van der Waals surface area (Å²) in [6.45, 7) is 1.80. The van der Waals surface area contributed by atoms with Crippen LogP contribution < -0.4 is 5.32 Å². The summed E-state index contributed by atoms with van der Waals surface area (Å²) in [5, 5.41) is 10.6. The molecule has 5 nitrogen and oxygen atoms in total. The van der Waals surface area contributed by atoms with Crippen molar-refractivity contribution < 1.29 is 4.79 Å². The number of hydrogen-bond donors (Lipinski definition) is 1. The van der Waals surface area contributed by atoms with Crippen LogP contribution in [0.25, 0.3) is 0 Å². The number of carbonyl (C=O) groups is 1. The Morgan fingerprint density at radius 3 is 2.57 bits per heavy atom. The minimum Gasteiger partial charge on any atom is -0.371 e. The number of aryl methyl sites for hydroxylation is 1. The first-order chi connectivity index (χ1) is 6.56. The summed E-state index contributed by atoms with van der Waals surface area (Å²) in [6.07, 6.45) is 0. The van der Waals surface area contributed by atoms with E-state index in [1.165, 1.54) is 4.90 Å². The van der Waals surface area contributed by atoms with E-state index in [9.17, 15) is 4.79 Å². The second-order valence-electron chi connectivity index (χ2n) is 3.20. The average Bonchev–Trinajstić information content (AvgIpc) is 2.16. The third kappa shape index (κ3) is 1.99. The molecule has 76 valence electrons. The third-order valence-corrected chi connectivity index (χ3v) is 1.79. The van der Waals surface area contributed by atoms with Gasteiger partial charge in [-0.05, 0) is 13.0 Å². The third-order valence-electron chi connectivity index (χ3n) is 1.79. The summed E-state index contributed by atoms with van der Waals surface area (Å²) in [6, 6.07) is 1.72. The molecule has 14 heavy (non-hydrogen) atoms. The Morgan fingerprint density at radius 2 is 2.07 bits per heavy atom. The van der Waals surface area contributed by atoms with Gasteiger partial charge in [0.15, 0.2) is 5.82 Å². The molecule has 0 radical (unpaired) electrons. The summed E-state index contributed by atoms with van der Waals surface area (Å²) in [5.41, 5.74) is 1.28. The Hall–Kier alpha value is -1.65. The number of aromatic nitrogens is 2. The molecular weight excluding hydrogens is 180 g/mol. The molecule has 0 saturated carbocycles. The van der Waals surface area contributed by atoms with Crippen LogP contribution in [-0.4, -0.2) is 42.1 Å². The van der Waals surface area contributed by atoms with E-state index in [1.54, 1.807) is 34.1 Å². The van der Waals surface area contributed by atoms with Gasteiger partial charge in [-0.15, -0.1) is 5.10 Å². The first kappa shape index (κ1) is 10.4. The number of nitrogens with zero attached hydrogens (tertiary/aromatic N) is 3. The Bertz CT molecular complexity index is 349. The number of anilines is 1. The first-order valence-corrected chi connectivity index (χ1v) is 4.30. The zero-order valence-corrected chi connectivity index (χ0v) is 8.83. The lowest BCUT2D eigenvalue weighted by Crippen LogP contribution is -2.23. The van der Waals surface area contributed by atoms with Gasteiger partial charge in [0.2, 0.25) is 0 Å². The second kappa shape index (κ2) is 4.04. The first-order valence-electron chi connectivity index (χ1n) is 4.30. The monoisotopic (exact) mass is 194 g/mol. The number of hydrogen-bond acceptors (Lipinski definition) is 4. The van der Waals surface area contributed by atoms with Crippen LogP contribution in [-0.2, 0) is 0 Å². The fourth-order valence-corrected chi connectivity index (χ4v) is 1.08. The van der Waals surface area contributed by atoms with Crippen molar-refractivity contribution in [2.24, 2.45) is 0 Å². The second-order valence-corrected chi connectivity index (χ2v) is 3.20. The van der Waals surface area contributed by atoms with Crippen LogP contribution in [0.3, 0.4) is 0 Å². The molecule has 1 aromatic rings. The number of rotatable bonds is 2. The molecule has 0 saturated heterocycles. The molecule has 0 bridgehead atoms. The summed E-state index contributed by atoms with van der Waals surface area (Å²) in [4.78, 5) is 13.2. The highest BCUT2D eigenvalue weighted by molar-refractivity contribution is 5.98. The highest BCUT2D eigenvalue weighted by atomic mass is 16.2. The molecule has 0 fully saturated rings. The maximum atomic E-state index is 11.7. The van der Waals surface area contributed by atoms with Gasteiger partial charge in [0.05, 0.1) is 11.3 Å². The van der Waals surface area contributed by atoms with Gasteiger partial charge in [0, 0.05) is 21.1 Å². The van der Waals surface area contributed by atoms with E-state index in [1.807, 2.05) is 0 Å². The topological polar surface area (TPSA) is 58.1 Å². The Labute approximate surface area is 83.1 Å². The van der Waals surface area contributed by atoms with Crippen LogP contribution in [0.2, 0.25) is 0 Å². The van der Waals surface area contributed by atoms with Crippen molar-refractivity contribution in [3.05, 3.63) is 17.3 Å². The van der Waals surface area contributed by atoms with Gasteiger partial charge in [-0.25, -0.2) is 0 Å². The van der Waals surface area contributed by atoms with Crippen molar-refractivity contribution in [3.8, 4) is 0 Å². The lowest BCUT2D eigenvalue weighted by Gasteiger charge is -2.12. The van der Waals surface area contributed by atoms with Gasteiger partial charge in [-0.2, -0.15) is 5.10 Å². The molecule has 0 aliphatic carbocycles. The fourth-order valence-electron chi connectivity index (χ4n) is 1.08. The molecule has 1 rings (SSSR count). The van der Waals surface area contributed by atoms with Gasteiger partial charge < -0.3 is 10.2 Å². The molecule has 1 N–H and O–H groups in total. The molecule has 0 aromatic carbocycles. The normalized spacial score (nSPS) is 9.71. The zero-order valence-electron chi connectivity index (χ0n) is 8.83. The lowest BCUT2D eigenvalue weighted by atomic mass is 10.2. The SMILES string of the molecule is CNc1nnc(C)cc1C(=O)N(C)C. The predicted octanol–water partition coefficient (Wildman–Crippen LogP) is 0.529. The van der Waals surface area contributed by atoms with Crippen LogP contribution in [0.15, 0.2) is 6.07 Å². The molecule has 0 spiro atoms. The van der Waals surface area contributed by atoms with E-state index in [2.05, 4.69) is 15.5 Å². The van der Waals surface area contributed by atoms with E-state index in [0.717, 1.165) is 5.69 Å². The highest BCUT2D eigenvalue weighted by Gasteiger charge is 2.14. The summed E-state index contributed by atoms with van der Waals surface area (Å²) >= 11 is 0. The number of carbonyl (C=O) groups excluding carboxylic acids is 1. The summed E-state index contributed by atoms with van der Waals surface area (Å²) in [7, 11) is 5.13. The predicted molar refractivity (Wildman–Crippen MR) is 54.3 cm³/mol. The van der Waals surface area contributed by atoms with Crippen molar-refractivity contribution in [2.45, 2.75) is 6.92 Å². The van der Waals surface area contributed by atoms with E-state index in [0.29, 0.717) is 11.4 Å². The summed E-state index contributed by atoms with van der Waals surface area (Å²) < 4.78 is 0. The minimum absolute atomic E-state index is 0.0765. The molecule has 1 amide bonds. The molecule has 5 heteroatoms. The van der Waals surface area contributed by atoms with Crippen molar-refractivity contribution >= 4 is 11.7 Å². The number of amides is 1. The largest absolute Gasteiger partial charge is 0.371 e. The molecule has 1 aromatic heterocycles. The smallest absolute Gasteiger partial charge is 0.257 e. The van der Waals surface area contributed by atoms with E-state index < -0.39 is 0 Å². The quantitative estimate of drug-likeness (QED) is 0.746. The molecule has 1 heterocycles. The maximum absolute atomic E-state index is 11.7. The lowest BCUT2D eigenvalue weighted by molar-refractivity contribution is 0.0828. The van der Waals surface area contributed by atoms with Crippen molar-refractivity contribution in [3.63, 3.8) is 0 Å². The van der Waals surface area contributed by atoms with Gasteiger partial charge in [0.1, 0.15) is 0 Å². The fraction of sp³-hybridized carbons (Fsp3) is 0.444. The van der Waals surface area contributed by atoms with E-state index in [-0.39, 0.29) is 5.91 Å². The van der Waals surface area contributed by atoms with Crippen LogP contribution in [0, 0.1) is 6.92 Å². The van der Waals surface area contributed by atoms with Crippen molar-refractivity contribution in [1.29, 1.82) is 0 Å². The van der Waals surface area contributed by atoms with Gasteiger partial charge in [-0.3, -0.25) is 4.79 Å². The van der Waals surface area contributed by atoms with E-state index in [4.69, 9.17) is 0 Å².